The van der Waals surface area contributed by atoms with E-state index < -0.39 is 0 Å². The minimum absolute atomic E-state index is 0.0413. The summed E-state index contributed by atoms with van der Waals surface area (Å²) in [6, 6.07) is 28.1. The summed E-state index contributed by atoms with van der Waals surface area (Å²) in [6.45, 7) is 2.07. The molecule has 0 aliphatic carbocycles. The molecule has 4 aromatic rings. The third kappa shape index (κ3) is 4.32. The fourth-order valence-corrected chi connectivity index (χ4v) is 4.49. The van der Waals surface area contributed by atoms with Crippen molar-refractivity contribution >= 4 is 17.5 Å². The number of aromatic nitrogens is 2. The number of carbonyl (C=O) groups is 1. The number of hydrogen-bond donors (Lipinski definition) is 0. The summed E-state index contributed by atoms with van der Waals surface area (Å²) in [7, 11) is 0. The third-order valence-electron chi connectivity index (χ3n) is 6.04. The summed E-state index contributed by atoms with van der Waals surface area (Å²) in [5.74, 6) is 0.371. The fraction of sp³-hybridized carbons (Fsp3) is 0.185. The van der Waals surface area contributed by atoms with Gasteiger partial charge in [-0.15, -0.1) is 0 Å². The Morgan fingerprint density at radius 2 is 1.62 bits per heavy atom. The normalized spacial score (nSPS) is 15.8. The first-order valence-electron chi connectivity index (χ1n) is 10.9. The van der Waals surface area contributed by atoms with Gasteiger partial charge < -0.3 is 4.90 Å². The molecule has 0 radical (unpaired) electrons. The zero-order chi connectivity index (χ0) is 21.9. The Morgan fingerprint density at radius 1 is 0.938 bits per heavy atom. The minimum Gasteiger partial charge on any atom is -0.338 e. The zero-order valence-corrected chi connectivity index (χ0v) is 18.4. The average Bonchev–Trinajstić information content (AvgIpc) is 3.48. The molecule has 1 aliphatic heterocycles. The van der Waals surface area contributed by atoms with Crippen molar-refractivity contribution in [2.24, 2.45) is 0 Å². The monoisotopic (exact) mass is 441 g/mol. The smallest absolute Gasteiger partial charge is 0.257 e. The summed E-state index contributed by atoms with van der Waals surface area (Å²) in [6.07, 6.45) is 2.85. The van der Waals surface area contributed by atoms with Gasteiger partial charge in [0.15, 0.2) is 0 Å². The predicted octanol–water partition coefficient (Wildman–Crippen LogP) is 5.88. The van der Waals surface area contributed by atoms with E-state index in [1.54, 1.807) is 0 Å². The second kappa shape index (κ2) is 9.01. The van der Waals surface area contributed by atoms with Gasteiger partial charge in [0, 0.05) is 35.8 Å². The molecule has 32 heavy (non-hydrogen) atoms. The maximum atomic E-state index is 13.6. The Labute approximate surface area is 193 Å². The number of likely N-dealkylation sites (tertiary alicyclic amines) is 1. The molecule has 0 saturated carbocycles. The van der Waals surface area contributed by atoms with E-state index in [9.17, 15) is 4.79 Å². The number of halogens is 1. The second-order valence-electron chi connectivity index (χ2n) is 8.23. The first kappa shape index (κ1) is 20.5. The van der Waals surface area contributed by atoms with Crippen molar-refractivity contribution in [2.45, 2.75) is 18.9 Å². The standard InChI is InChI=1S/C27H24ClN3O/c28-24-13-11-21(12-14-24)23-15-16-30(18-23)27(32)25-19-31(17-20-7-3-1-4-8-20)29-26(25)22-9-5-2-6-10-22/h1-14,19,23H,15-18H2. The highest BCUT2D eigenvalue weighted by atomic mass is 35.5. The van der Waals surface area contributed by atoms with Gasteiger partial charge in [-0.2, -0.15) is 5.10 Å². The second-order valence-corrected chi connectivity index (χ2v) is 8.67. The SMILES string of the molecule is O=C(c1cn(Cc2ccccc2)nc1-c1ccccc1)N1CCC(c2ccc(Cl)cc2)C1. The lowest BCUT2D eigenvalue weighted by Gasteiger charge is -2.17. The van der Waals surface area contributed by atoms with Gasteiger partial charge in [0.1, 0.15) is 5.69 Å². The topological polar surface area (TPSA) is 38.1 Å². The molecule has 5 heteroatoms. The van der Waals surface area contributed by atoms with Crippen LogP contribution in [0.25, 0.3) is 11.3 Å². The van der Waals surface area contributed by atoms with Crippen LogP contribution in [0.5, 0.6) is 0 Å². The van der Waals surface area contributed by atoms with Crippen molar-refractivity contribution < 1.29 is 4.79 Å². The van der Waals surface area contributed by atoms with Crippen molar-refractivity contribution in [3.8, 4) is 11.3 Å². The van der Waals surface area contributed by atoms with E-state index >= 15 is 0 Å². The Bertz CT molecular complexity index is 1200. The van der Waals surface area contributed by atoms with Crippen LogP contribution < -0.4 is 0 Å². The van der Waals surface area contributed by atoms with Crippen LogP contribution in [-0.2, 0) is 6.54 Å². The summed E-state index contributed by atoms with van der Waals surface area (Å²) >= 11 is 6.04. The maximum Gasteiger partial charge on any atom is 0.257 e. The first-order valence-corrected chi connectivity index (χ1v) is 11.3. The quantitative estimate of drug-likeness (QED) is 0.387. The van der Waals surface area contributed by atoms with E-state index in [1.165, 1.54) is 5.56 Å². The minimum atomic E-state index is 0.0413. The van der Waals surface area contributed by atoms with Crippen molar-refractivity contribution in [3.63, 3.8) is 0 Å². The molecule has 5 rings (SSSR count). The van der Waals surface area contributed by atoms with Gasteiger partial charge in [-0.3, -0.25) is 9.48 Å². The number of carbonyl (C=O) groups excluding carboxylic acids is 1. The molecule has 3 aromatic carbocycles. The molecule has 1 amide bonds. The van der Waals surface area contributed by atoms with Crippen LogP contribution in [0.2, 0.25) is 5.02 Å². The fourth-order valence-electron chi connectivity index (χ4n) is 4.36. The molecular formula is C27H24ClN3O. The van der Waals surface area contributed by atoms with Gasteiger partial charge in [-0.05, 0) is 29.7 Å². The number of rotatable bonds is 5. The van der Waals surface area contributed by atoms with Gasteiger partial charge >= 0.3 is 0 Å². The summed E-state index contributed by atoms with van der Waals surface area (Å²) in [4.78, 5) is 15.5. The summed E-state index contributed by atoms with van der Waals surface area (Å²) in [5, 5.41) is 5.54. The molecule has 0 bridgehead atoms. The average molecular weight is 442 g/mol. The van der Waals surface area contributed by atoms with Crippen LogP contribution in [0.15, 0.2) is 91.1 Å². The lowest BCUT2D eigenvalue weighted by molar-refractivity contribution is 0.0791. The van der Waals surface area contributed by atoms with E-state index in [2.05, 4.69) is 24.3 Å². The number of benzene rings is 3. The molecule has 1 atom stereocenters. The van der Waals surface area contributed by atoms with E-state index in [0.29, 0.717) is 24.6 Å². The highest BCUT2D eigenvalue weighted by molar-refractivity contribution is 6.30. The van der Waals surface area contributed by atoms with Gasteiger partial charge in [-0.25, -0.2) is 0 Å². The van der Waals surface area contributed by atoms with E-state index in [4.69, 9.17) is 16.7 Å². The van der Waals surface area contributed by atoms with Crippen LogP contribution in [0.1, 0.15) is 33.8 Å². The molecular weight excluding hydrogens is 418 g/mol. The molecule has 0 N–H and O–H groups in total. The molecule has 1 aromatic heterocycles. The summed E-state index contributed by atoms with van der Waals surface area (Å²) < 4.78 is 1.87. The third-order valence-corrected chi connectivity index (χ3v) is 6.30. The Hall–Kier alpha value is -3.37. The van der Waals surface area contributed by atoms with Gasteiger partial charge in [0.2, 0.25) is 0 Å². The van der Waals surface area contributed by atoms with Crippen molar-refractivity contribution in [1.82, 2.24) is 14.7 Å². The van der Waals surface area contributed by atoms with Crippen LogP contribution in [-0.4, -0.2) is 33.7 Å². The molecule has 1 saturated heterocycles. The highest BCUT2D eigenvalue weighted by Crippen LogP contribution is 2.31. The number of nitrogens with zero attached hydrogens (tertiary/aromatic N) is 3. The lowest BCUT2D eigenvalue weighted by atomic mass is 9.99. The van der Waals surface area contributed by atoms with Crippen LogP contribution in [0.4, 0.5) is 0 Å². The molecule has 0 spiro atoms. The largest absolute Gasteiger partial charge is 0.338 e. The molecule has 1 aliphatic rings. The van der Waals surface area contributed by atoms with E-state index in [1.807, 2.05) is 76.4 Å². The van der Waals surface area contributed by atoms with E-state index in [0.717, 1.165) is 34.8 Å². The molecule has 1 fully saturated rings. The predicted molar refractivity (Wildman–Crippen MR) is 128 cm³/mol. The van der Waals surface area contributed by atoms with Gasteiger partial charge in [-0.1, -0.05) is 84.4 Å². The summed E-state index contributed by atoms with van der Waals surface area (Å²) in [5.41, 5.74) is 4.73. The Morgan fingerprint density at radius 3 is 2.34 bits per heavy atom. The van der Waals surface area contributed by atoms with Crippen molar-refractivity contribution in [2.75, 3.05) is 13.1 Å². The first-order chi connectivity index (χ1) is 15.7. The Balaban J connectivity index is 1.42. The number of amides is 1. The van der Waals surface area contributed by atoms with Crippen LogP contribution in [0, 0.1) is 0 Å². The molecule has 1 unspecified atom stereocenters. The van der Waals surface area contributed by atoms with Gasteiger partial charge in [0.05, 0.1) is 12.1 Å². The van der Waals surface area contributed by atoms with Crippen molar-refractivity contribution in [1.29, 1.82) is 0 Å². The van der Waals surface area contributed by atoms with Crippen molar-refractivity contribution in [3.05, 3.63) is 113 Å². The molecule has 160 valence electrons. The molecule has 4 nitrogen and oxygen atoms in total. The van der Waals surface area contributed by atoms with Gasteiger partial charge in [0.25, 0.3) is 5.91 Å². The number of hydrogen-bond acceptors (Lipinski definition) is 2. The zero-order valence-electron chi connectivity index (χ0n) is 17.7. The van der Waals surface area contributed by atoms with Crippen LogP contribution in [0.3, 0.4) is 0 Å². The Kier molecular flexibility index (Phi) is 5.78. The van der Waals surface area contributed by atoms with E-state index in [-0.39, 0.29) is 5.91 Å². The molecule has 2 heterocycles. The highest BCUT2D eigenvalue weighted by Gasteiger charge is 2.30. The maximum absolute atomic E-state index is 13.6. The van der Waals surface area contributed by atoms with Crippen LogP contribution >= 0.6 is 11.6 Å². The lowest BCUT2D eigenvalue weighted by Crippen LogP contribution is -2.28.